The van der Waals surface area contributed by atoms with Crippen molar-refractivity contribution in [2.24, 2.45) is 0 Å². The SMILES string of the molecule is CC(C)SC1CCOC1C. The highest BCUT2D eigenvalue weighted by Crippen LogP contribution is 2.28. The maximum atomic E-state index is 5.45. The van der Waals surface area contributed by atoms with Crippen molar-refractivity contribution in [2.45, 2.75) is 43.8 Å². The lowest BCUT2D eigenvalue weighted by Crippen LogP contribution is -2.15. The third-order valence-electron chi connectivity index (χ3n) is 1.75. The van der Waals surface area contributed by atoms with Gasteiger partial charge < -0.3 is 4.74 Å². The zero-order valence-electron chi connectivity index (χ0n) is 6.96. The molecule has 1 fully saturated rings. The first-order valence-corrected chi connectivity index (χ1v) is 4.91. The van der Waals surface area contributed by atoms with Gasteiger partial charge in [-0.15, -0.1) is 0 Å². The summed E-state index contributed by atoms with van der Waals surface area (Å²) in [5, 5.41) is 1.49. The lowest BCUT2D eigenvalue weighted by Gasteiger charge is -2.15. The van der Waals surface area contributed by atoms with Crippen LogP contribution in [0, 0.1) is 0 Å². The molecular formula is C8H16OS. The minimum Gasteiger partial charge on any atom is -0.377 e. The van der Waals surface area contributed by atoms with Crippen LogP contribution in [0.2, 0.25) is 0 Å². The maximum Gasteiger partial charge on any atom is 0.0666 e. The maximum absolute atomic E-state index is 5.45. The molecule has 60 valence electrons. The molecule has 0 saturated carbocycles. The molecule has 0 amide bonds. The molecular weight excluding hydrogens is 144 g/mol. The van der Waals surface area contributed by atoms with E-state index in [1.807, 2.05) is 11.8 Å². The van der Waals surface area contributed by atoms with E-state index in [4.69, 9.17) is 4.74 Å². The second kappa shape index (κ2) is 3.63. The minimum atomic E-state index is 0.479. The standard InChI is InChI=1S/C8H16OS/c1-6(2)10-8-4-5-9-7(8)3/h6-8H,4-5H2,1-3H3. The smallest absolute Gasteiger partial charge is 0.0666 e. The van der Waals surface area contributed by atoms with E-state index in [2.05, 4.69) is 20.8 Å². The average Bonchev–Trinajstić information content (AvgIpc) is 2.15. The molecule has 2 unspecified atom stereocenters. The second-order valence-corrected chi connectivity index (χ2v) is 4.91. The fourth-order valence-electron chi connectivity index (χ4n) is 1.24. The number of rotatable bonds is 2. The molecule has 0 aromatic carbocycles. The van der Waals surface area contributed by atoms with Crippen molar-refractivity contribution in [1.82, 2.24) is 0 Å². The van der Waals surface area contributed by atoms with Gasteiger partial charge in [-0.3, -0.25) is 0 Å². The van der Waals surface area contributed by atoms with Crippen LogP contribution in [0.15, 0.2) is 0 Å². The van der Waals surface area contributed by atoms with Gasteiger partial charge in [0.05, 0.1) is 6.10 Å². The molecule has 1 rings (SSSR count). The Hall–Kier alpha value is 0.310. The highest BCUT2D eigenvalue weighted by molar-refractivity contribution is 8.00. The van der Waals surface area contributed by atoms with E-state index in [-0.39, 0.29) is 0 Å². The Morgan fingerprint density at radius 3 is 2.60 bits per heavy atom. The van der Waals surface area contributed by atoms with Crippen LogP contribution in [-0.2, 0) is 4.74 Å². The highest BCUT2D eigenvalue weighted by atomic mass is 32.2. The first kappa shape index (κ1) is 8.41. The summed E-state index contributed by atoms with van der Waals surface area (Å²) in [6, 6.07) is 0. The molecule has 0 radical (unpaired) electrons. The summed E-state index contributed by atoms with van der Waals surface area (Å²) in [6.07, 6.45) is 1.72. The molecule has 2 atom stereocenters. The fraction of sp³-hybridized carbons (Fsp3) is 1.00. The summed E-state index contributed by atoms with van der Waals surface area (Å²) in [5.74, 6) is 0. The minimum absolute atomic E-state index is 0.479. The number of hydrogen-bond donors (Lipinski definition) is 0. The van der Waals surface area contributed by atoms with Crippen LogP contribution in [0.25, 0.3) is 0 Å². The number of ether oxygens (including phenoxy) is 1. The molecule has 1 saturated heterocycles. The molecule has 0 aromatic rings. The highest BCUT2D eigenvalue weighted by Gasteiger charge is 2.24. The summed E-state index contributed by atoms with van der Waals surface area (Å²) in [6.45, 7) is 7.63. The van der Waals surface area contributed by atoms with Crippen LogP contribution < -0.4 is 0 Å². The Kier molecular flexibility index (Phi) is 3.05. The van der Waals surface area contributed by atoms with E-state index in [1.165, 1.54) is 6.42 Å². The molecule has 1 nitrogen and oxygen atoms in total. The number of hydrogen-bond acceptors (Lipinski definition) is 2. The van der Waals surface area contributed by atoms with Crippen molar-refractivity contribution >= 4 is 11.8 Å². The molecule has 2 heteroatoms. The molecule has 1 heterocycles. The van der Waals surface area contributed by atoms with Gasteiger partial charge in [0.1, 0.15) is 0 Å². The van der Waals surface area contributed by atoms with Crippen LogP contribution in [0.5, 0.6) is 0 Å². The quantitative estimate of drug-likeness (QED) is 0.613. The van der Waals surface area contributed by atoms with Crippen LogP contribution >= 0.6 is 11.8 Å². The van der Waals surface area contributed by atoms with Gasteiger partial charge in [-0.1, -0.05) is 13.8 Å². The Balaban J connectivity index is 2.26. The fourth-order valence-corrected chi connectivity index (χ4v) is 2.47. The largest absolute Gasteiger partial charge is 0.377 e. The van der Waals surface area contributed by atoms with Gasteiger partial charge in [0.2, 0.25) is 0 Å². The van der Waals surface area contributed by atoms with E-state index in [0.717, 1.165) is 17.1 Å². The summed E-state index contributed by atoms with van der Waals surface area (Å²) >= 11 is 2.05. The normalized spacial score (nSPS) is 33.6. The van der Waals surface area contributed by atoms with Crippen LogP contribution in [-0.4, -0.2) is 23.2 Å². The van der Waals surface area contributed by atoms with Gasteiger partial charge in [0.25, 0.3) is 0 Å². The molecule has 0 aromatic heterocycles. The third-order valence-corrected chi connectivity index (χ3v) is 3.27. The monoisotopic (exact) mass is 160 g/mol. The predicted molar refractivity (Wildman–Crippen MR) is 46.5 cm³/mol. The van der Waals surface area contributed by atoms with Crippen LogP contribution in [0.4, 0.5) is 0 Å². The van der Waals surface area contributed by atoms with E-state index < -0.39 is 0 Å². The van der Waals surface area contributed by atoms with Crippen molar-refractivity contribution in [1.29, 1.82) is 0 Å². The van der Waals surface area contributed by atoms with Gasteiger partial charge in [0.15, 0.2) is 0 Å². The predicted octanol–water partition coefficient (Wildman–Crippen LogP) is 2.31. The van der Waals surface area contributed by atoms with E-state index in [9.17, 15) is 0 Å². The van der Waals surface area contributed by atoms with Crippen molar-refractivity contribution in [3.8, 4) is 0 Å². The summed E-state index contributed by atoms with van der Waals surface area (Å²) in [5.41, 5.74) is 0. The van der Waals surface area contributed by atoms with Gasteiger partial charge in [-0.25, -0.2) is 0 Å². The Bertz CT molecular complexity index is 103. The van der Waals surface area contributed by atoms with Crippen LogP contribution in [0.3, 0.4) is 0 Å². The Morgan fingerprint density at radius 1 is 1.50 bits per heavy atom. The first-order valence-electron chi connectivity index (χ1n) is 3.97. The van der Waals surface area contributed by atoms with Crippen LogP contribution in [0.1, 0.15) is 27.2 Å². The zero-order chi connectivity index (χ0) is 7.56. The molecule has 10 heavy (non-hydrogen) atoms. The summed E-state index contributed by atoms with van der Waals surface area (Å²) in [4.78, 5) is 0. The molecule has 0 aliphatic carbocycles. The lowest BCUT2D eigenvalue weighted by molar-refractivity contribution is 0.127. The van der Waals surface area contributed by atoms with Gasteiger partial charge >= 0.3 is 0 Å². The van der Waals surface area contributed by atoms with Crippen molar-refractivity contribution < 1.29 is 4.74 Å². The molecule has 1 aliphatic rings. The second-order valence-electron chi connectivity index (χ2n) is 3.09. The Labute approximate surface area is 67.5 Å². The van der Waals surface area contributed by atoms with E-state index in [1.54, 1.807) is 0 Å². The van der Waals surface area contributed by atoms with Gasteiger partial charge in [0, 0.05) is 11.9 Å². The van der Waals surface area contributed by atoms with Crippen molar-refractivity contribution in [3.63, 3.8) is 0 Å². The third kappa shape index (κ3) is 2.17. The van der Waals surface area contributed by atoms with E-state index in [0.29, 0.717) is 6.10 Å². The molecule has 1 aliphatic heterocycles. The molecule has 0 N–H and O–H groups in total. The average molecular weight is 160 g/mol. The van der Waals surface area contributed by atoms with E-state index >= 15 is 0 Å². The molecule has 0 bridgehead atoms. The number of thioether (sulfide) groups is 1. The topological polar surface area (TPSA) is 9.23 Å². The Morgan fingerprint density at radius 2 is 2.20 bits per heavy atom. The summed E-state index contributed by atoms with van der Waals surface area (Å²) in [7, 11) is 0. The first-order chi connectivity index (χ1) is 4.70. The van der Waals surface area contributed by atoms with Gasteiger partial charge in [-0.2, -0.15) is 11.8 Å². The van der Waals surface area contributed by atoms with Gasteiger partial charge in [-0.05, 0) is 18.6 Å². The zero-order valence-corrected chi connectivity index (χ0v) is 7.78. The lowest BCUT2D eigenvalue weighted by atomic mass is 10.3. The summed E-state index contributed by atoms with van der Waals surface area (Å²) < 4.78 is 5.45. The van der Waals surface area contributed by atoms with Crippen molar-refractivity contribution in [2.75, 3.05) is 6.61 Å². The molecule has 0 spiro atoms. The van der Waals surface area contributed by atoms with Crippen molar-refractivity contribution in [3.05, 3.63) is 0 Å².